The Kier molecular flexibility index (Phi) is 4.01. The highest BCUT2D eigenvalue weighted by molar-refractivity contribution is 5.76. The summed E-state index contributed by atoms with van der Waals surface area (Å²) in [5.74, 6) is 0.378. The van der Waals surface area contributed by atoms with Crippen LogP contribution in [0.5, 0.6) is 0 Å². The third-order valence-corrected chi connectivity index (χ3v) is 3.52. The second kappa shape index (κ2) is 5.50. The number of rotatable bonds is 2. The maximum Gasteiger partial charge on any atom is 0.222 e. The van der Waals surface area contributed by atoms with Crippen LogP contribution in [0.25, 0.3) is 0 Å². The zero-order chi connectivity index (χ0) is 10.5. The molecule has 0 bridgehead atoms. The lowest BCUT2D eigenvalue weighted by Gasteiger charge is -2.27. The SMILES string of the molecule is O=C1CCCCCCN1C[C@@H]1CCCN1. The molecule has 1 N–H and O–H groups in total. The largest absolute Gasteiger partial charge is 0.341 e. The standard InChI is InChI=1S/C12H22N2O/c15-12-7-3-1-2-4-9-14(12)10-11-6-5-8-13-11/h11,13H,1-10H2/t11-/m0/s1. The van der Waals surface area contributed by atoms with E-state index in [9.17, 15) is 4.79 Å². The minimum Gasteiger partial charge on any atom is -0.341 e. The van der Waals surface area contributed by atoms with Gasteiger partial charge in [-0.3, -0.25) is 4.79 Å². The lowest BCUT2D eigenvalue weighted by molar-refractivity contribution is -0.132. The first-order valence-electron chi connectivity index (χ1n) is 6.37. The summed E-state index contributed by atoms with van der Waals surface area (Å²) in [6.45, 7) is 3.06. The first kappa shape index (κ1) is 10.9. The second-order valence-corrected chi connectivity index (χ2v) is 4.80. The van der Waals surface area contributed by atoms with Crippen LogP contribution in [-0.4, -0.2) is 36.5 Å². The summed E-state index contributed by atoms with van der Waals surface area (Å²) >= 11 is 0. The molecule has 3 nitrogen and oxygen atoms in total. The van der Waals surface area contributed by atoms with E-state index in [-0.39, 0.29) is 0 Å². The molecule has 0 aromatic heterocycles. The molecule has 0 spiro atoms. The number of carbonyl (C=O) groups excluding carboxylic acids is 1. The molecule has 2 saturated heterocycles. The first-order valence-corrected chi connectivity index (χ1v) is 6.37. The summed E-state index contributed by atoms with van der Waals surface area (Å²) in [6.07, 6.45) is 8.10. The fraction of sp³-hybridized carbons (Fsp3) is 0.917. The highest BCUT2D eigenvalue weighted by Crippen LogP contribution is 2.14. The molecule has 0 saturated carbocycles. The van der Waals surface area contributed by atoms with Crippen molar-refractivity contribution in [3.63, 3.8) is 0 Å². The number of nitrogens with zero attached hydrogens (tertiary/aromatic N) is 1. The number of likely N-dealkylation sites (tertiary alicyclic amines) is 1. The van der Waals surface area contributed by atoms with Gasteiger partial charge in [0.25, 0.3) is 0 Å². The van der Waals surface area contributed by atoms with Gasteiger partial charge < -0.3 is 10.2 Å². The predicted octanol–water partition coefficient (Wildman–Crippen LogP) is 1.53. The third-order valence-electron chi connectivity index (χ3n) is 3.52. The molecule has 0 aromatic carbocycles. The number of carbonyl (C=O) groups is 1. The van der Waals surface area contributed by atoms with Crippen molar-refractivity contribution < 1.29 is 4.79 Å². The highest BCUT2D eigenvalue weighted by atomic mass is 16.2. The summed E-state index contributed by atoms with van der Waals surface area (Å²) < 4.78 is 0. The van der Waals surface area contributed by atoms with Crippen molar-refractivity contribution in [3.05, 3.63) is 0 Å². The molecule has 0 aliphatic carbocycles. The van der Waals surface area contributed by atoms with Crippen molar-refractivity contribution in [2.24, 2.45) is 0 Å². The molecular formula is C12H22N2O. The van der Waals surface area contributed by atoms with Gasteiger partial charge in [0.15, 0.2) is 0 Å². The lowest BCUT2D eigenvalue weighted by atomic mass is 10.1. The van der Waals surface area contributed by atoms with Crippen molar-refractivity contribution in [2.45, 2.75) is 51.0 Å². The van der Waals surface area contributed by atoms with Crippen LogP contribution in [-0.2, 0) is 4.79 Å². The molecule has 2 fully saturated rings. The quantitative estimate of drug-likeness (QED) is 0.749. The Bertz CT molecular complexity index is 212. The Morgan fingerprint density at radius 2 is 2.07 bits per heavy atom. The van der Waals surface area contributed by atoms with Gasteiger partial charge in [0.2, 0.25) is 5.91 Å². The lowest BCUT2D eigenvalue weighted by Crippen LogP contribution is -2.42. The van der Waals surface area contributed by atoms with Gasteiger partial charge in [0.05, 0.1) is 0 Å². The van der Waals surface area contributed by atoms with E-state index in [2.05, 4.69) is 10.2 Å². The van der Waals surface area contributed by atoms with Crippen LogP contribution in [0.2, 0.25) is 0 Å². The zero-order valence-corrected chi connectivity index (χ0v) is 9.50. The number of nitrogens with one attached hydrogen (secondary N) is 1. The van der Waals surface area contributed by atoms with Crippen LogP contribution in [0.15, 0.2) is 0 Å². The van der Waals surface area contributed by atoms with Crippen LogP contribution in [0.3, 0.4) is 0 Å². The van der Waals surface area contributed by atoms with E-state index in [0.717, 1.165) is 32.5 Å². The Balaban J connectivity index is 1.83. The highest BCUT2D eigenvalue weighted by Gasteiger charge is 2.21. The van der Waals surface area contributed by atoms with Gasteiger partial charge in [-0.05, 0) is 32.2 Å². The summed E-state index contributed by atoms with van der Waals surface area (Å²) in [6, 6.07) is 0.563. The summed E-state index contributed by atoms with van der Waals surface area (Å²) in [7, 11) is 0. The minimum absolute atomic E-state index is 0.378. The molecule has 1 atom stereocenters. The van der Waals surface area contributed by atoms with E-state index in [1.165, 1.54) is 32.1 Å². The van der Waals surface area contributed by atoms with E-state index in [1.54, 1.807) is 0 Å². The molecule has 0 radical (unpaired) electrons. The van der Waals surface area contributed by atoms with Crippen LogP contribution >= 0.6 is 0 Å². The molecule has 15 heavy (non-hydrogen) atoms. The number of hydrogen-bond donors (Lipinski definition) is 1. The average Bonchev–Trinajstić information content (AvgIpc) is 2.70. The normalized spacial score (nSPS) is 28.9. The smallest absolute Gasteiger partial charge is 0.222 e. The van der Waals surface area contributed by atoms with Crippen molar-refractivity contribution >= 4 is 5.91 Å². The predicted molar refractivity (Wildman–Crippen MR) is 60.7 cm³/mol. The molecule has 1 amide bonds. The van der Waals surface area contributed by atoms with Gasteiger partial charge in [0.1, 0.15) is 0 Å². The first-order chi connectivity index (χ1) is 7.36. The van der Waals surface area contributed by atoms with E-state index in [0.29, 0.717) is 11.9 Å². The monoisotopic (exact) mass is 210 g/mol. The van der Waals surface area contributed by atoms with Crippen LogP contribution in [0, 0.1) is 0 Å². The summed E-state index contributed by atoms with van der Waals surface area (Å²) in [5.41, 5.74) is 0. The molecule has 0 unspecified atom stereocenters. The molecule has 2 heterocycles. The van der Waals surface area contributed by atoms with Gasteiger partial charge in [-0.25, -0.2) is 0 Å². The van der Waals surface area contributed by atoms with Crippen LogP contribution in [0.1, 0.15) is 44.9 Å². The Morgan fingerprint density at radius 1 is 1.20 bits per heavy atom. The molecule has 2 aliphatic heterocycles. The van der Waals surface area contributed by atoms with Crippen molar-refractivity contribution in [1.82, 2.24) is 10.2 Å². The van der Waals surface area contributed by atoms with Gasteiger partial charge >= 0.3 is 0 Å². The molecule has 2 aliphatic rings. The van der Waals surface area contributed by atoms with Crippen molar-refractivity contribution in [2.75, 3.05) is 19.6 Å². The number of amides is 1. The summed E-state index contributed by atoms with van der Waals surface area (Å²) in [4.78, 5) is 13.9. The van der Waals surface area contributed by atoms with Crippen molar-refractivity contribution in [3.8, 4) is 0 Å². The Labute approximate surface area is 92.2 Å². The number of hydrogen-bond acceptors (Lipinski definition) is 2. The zero-order valence-electron chi connectivity index (χ0n) is 9.50. The van der Waals surface area contributed by atoms with E-state index in [4.69, 9.17) is 0 Å². The Hall–Kier alpha value is -0.570. The maximum atomic E-state index is 11.9. The summed E-state index contributed by atoms with van der Waals surface area (Å²) in [5, 5.41) is 3.47. The van der Waals surface area contributed by atoms with Crippen LogP contribution < -0.4 is 5.32 Å². The van der Waals surface area contributed by atoms with Gasteiger partial charge in [-0.1, -0.05) is 12.8 Å². The fourth-order valence-corrected chi connectivity index (χ4v) is 2.59. The average molecular weight is 210 g/mol. The van der Waals surface area contributed by atoms with Crippen molar-refractivity contribution in [1.29, 1.82) is 0 Å². The fourth-order valence-electron chi connectivity index (χ4n) is 2.59. The van der Waals surface area contributed by atoms with E-state index >= 15 is 0 Å². The van der Waals surface area contributed by atoms with Crippen LogP contribution in [0.4, 0.5) is 0 Å². The van der Waals surface area contributed by atoms with E-state index in [1.807, 2.05) is 0 Å². The van der Waals surface area contributed by atoms with Gasteiger partial charge in [-0.15, -0.1) is 0 Å². The van der Waals surface area contributed by atoms with Gasteiger partial charge in [0, 0.05) is 25.6 Å². The minimum atomic E-state index is 0.378. The molecule has 86 valence electrons. The maximum absolute atomic E-state index is 11.9. The second-order valence-electron chi connectivity index (χ2n) is 4.80. The topological polar surface area (TPSA) is 32.3 Å². The molecule has 0 aromatic rings. The molecule has 3 heteroatoms. The molecular weight excluding hydrogens is 188 g/mol. The van der Waals surface area contributed by atoms with Gasteiger partial charge in [-0.2, -0.15) is 0 Å². The Morgan fingerprint density at radius 3 is 2.87 bits per heavy atom. The third kappa shape index (κ3) is 3.20. The van der Waals surface area contributed by atoms with E-state index < -0.39 is 0 Å². The molecule has 2 rings (SSSR count).